The van der Waals surface area contributed by atoms with Crippen molar-refractivity contribution in [2.24, 2.45) is 0 Å². The molecule has 0 radical (unpaired) electrons. The van der Waals surface area contributed by atoms with Gasteiger partial charge in [-0.1, -0.05) is 37.6 Å². The van der Waals surface area contributed by atoms with E-state index in [-0.39, 0.29) is 11.5 Å². The predicted molar refractivity (Wildman–Crippen MR) is 92.7 cm³/mol. The molecular formula is C19H25N3O. The molecular weight excluding hydrogens is 286 g/mol. The smallest absolute Gasteiger partial charge is 0.254 e. The largest absolute Gasteiger partial charge is 0.310 e. The highest BCUT2D eigenvalue weighted by atomic mass is 16.1. The number of hydrogen-bond donors (Lipinski definition) is 1. The molecule has 1 aromatic heterocycles. The first-order chi connectivity index (χ1) is 10.9. The van der Waals surface area contributed by atoms with Crippen molar-refractivity contribution in [2.75, 3.05) is 6.54 Å². The average Bonchev–Trinajstić information content (AvgIpc) is 2.49. The summed E-state index contributed by atoms with van der Waals surface area (Å²) in [6, 6.07) is 6.61. The zero-order valence-electron chi connectivity index (χ0n) is 14.4. The third-order valence-corrected chi connectivity index (χ3v) is 4.61. The fraction of sp³-hybridized carbons (Fsp3) is 0.474. The number of aryl methyl sites for hydroxylation is 2. The van der Waals surface area contributed by atoms with Crippen LogP contribution in [0.5, 0.6) is 0 Å². The van der Waals surface area contributed by atoms with Gasteiger partial charge in [-0.15, -0.1) is 0 Å². The summed E-state index contributed by atoms with van der Waals surface area (Å²) < 4.78 is 0. The minimum absolute atomic E-state index is 0.0462. The number of rotatable bonds is 3. The number of nitrogens with one attached hydrogen (secondary N) is 1. The first-order valence-electron chi connectivity index (χ1n) is 8.34. The molecule has 1 N–H and O–H groups in total. The van der Waals surface area contributed by atoms with Crippen molar-refractivity contribution in [1.29, 1.82) is 0 Å². The van der Waals surface area contributed by atoms with Crippen molar-refractivity contribution in [3.63, 3.8) is 0 Å². The number of hydrogen-bond acceptors (Lipinski definition) is 3. The Hall–Kier alpha value is -1.94. The normalized spacial score (nSPS) is 15.0. The van der Waals surface area contributed by atoms with Crippen LogP contribution in [0.1, 0.15) is 53.5 Å². The monoisotopic (exact) mass is 311 g/mol. The average molecular weight is 311 g/mol. The quantitative estimate of drug-likeness (QED) is 0.947. The minimum Gasteiger partial charge on any atom is -0.310 e. The number of aromatic nitrogens is 2. The van der Waals surface area contributed by atoms with Gasteiger partial charge in [-0.05, 0) is 31.4 Å². The van der Waals surface area contributed by atoms with Crippen molar-refractivity contribution in [3.8, 4) is 0 Å². The lowest BCUT2D eigenvalue weighted by molar-refractivity contribution is 0.239. The lowest BCUT2D eigenvalue weighted by Crippen LogP contribution is -2.35. The third-order valence-electron chi connectivity index (χ3n) is 4.61. The van der Waals surface area contributed by atoms with Crippen LogP contribution in [0, 0.1) is 13.8 Å². The molecule has 2 heterocycles. The Morgan fingerprint density at radius 3 is 2.78 bits per heavy atom. The van der Waals surface area contributed by atoms with Gasteiger partial charge in [0, 0.05) is 31.1 Å². The van der Waals surface area contributed by atoms with E-state index in [1.165, 1.54) is 16.7 Å². The molecule has 0 bridgehead atoms. The van der Waals surface area contributed by atoms with Gasteiger partial charge in [-0.3, -0.25) is 9.69 Å². The third kappa shape index (κ3) is 3.37. The number of benzene rings is 1. The van der Waals surface area contributed by atoms with E-state index in [1.807, 2.05) is 0 Å². The molecule has 2 aromatic rings. The first-order valence-corrected chi connectivity index (χ1v) is 8.34. The second kappa shape index (κ2) is 6.28. The van der Waals surface area contributed by atoms with Crippen LogP contribution in [0.2, 0.25) is 0 Å². The van der Waals surface area contributed by atoms with Crippen LogP contribution in [0.15, 0.2) is 23.0 Å². The summed E-state index contributed by atoms with van der Waals surface area (Å²) in [4.78, 5) is 22.3. The van der Waals surface area contributed by atoms with Crippen LogP contribution in [0.4, 0.5) is 0 Å². The van der Waals surface area contributed by atoms with Gasteiger partial charge in [0.1, 0.15) is 5.82 Å². The molecule has 0 saturated carbocycles. The van der Waals surface area contributed by atoms with E-state index in [4.69, 9.17) is 4.98 Å². The van der Waals surface area contributed by atoms with E-state index < -0.39 is 0 Å². The molecule has 0 amide bonds. The molecule has 0 unspecified atom stereocenters. The van der Waals surface area contributed by atoms with E-state index >= 15 is 0 Å². The second-order valence-corrected chi connectivity index (χ2v) is 6.92. The lowest BCUT2D eigenvalue weighted by Gasteiger charge is -2.28. The zero-order chi connectivity index (χ0) is 16.6. The molecule has 23 heavy (non-hydrogen) atoms. The van der Waals surface area contributed by atoms with Crippen molar-refractivity contribution < 1.29 is 0 Å². The second-order valence-electron chi connectivity index (χ2n) is 6.92. The Balaban J connectivity index is 1.83. The van der Waals surface area contributed by atoms with E-state index in [1.54, 1.807) is 0 Å². The van der Waals surface area contributed by atoms with Gasteiger partial charge < -0.3 is 4.98 Å². The first kappa shape index (κ1) is 15.9. The summed E-state index contributed by atoms with van der Waals surface area (Å²) in [5, 5.41) is 0. The van der Waals surface area contributed by atoms with Crippen LogP contribution in [0.25, 0.3) is 0 Å². The van der Waals surface area contributed by atoms with Gasteiger partial charge in [0.2, 0.25) is 0 Å². The van der Waals surface area contributed by atoms with Gasteiger partial charge >= 0.3 is 0 Å². The summed E-state index contributed by atoms with van der Waals surface area (Å²) >= 11 is 0. The highest BCUT2D eigenvalue weighted by Crippen LogP contribution is 2.20. The molecule has 0 aliphatic carbocycles. The molecule has 0 spiro atoms. The Morgan fingerprint density at radius 2 is 2.09 bits per heavy atom. The summed E-state index contributed by atoms with van der Waals surface area (Å²) in [5.41, 5.74) is 5.85. The maximum Gasteiger partial charge on any atom is 0.254 e. The Kier molecular flexibility index (Phi) is 4.35. The Bertz CT molecular complexity index is 777. The molecule has 1 aromatic carbocycles. The maximum absolute atomic E-state index is 12.2. The molecule has 3 rings (SSSR count). The van der Waals surface area contributed by atoms with Crippen molar-refractivity contribution in [3.05, 3.63) is 62.3 Å². The highest BCUT2D eigenvalue weighted by Gasteiger charge is 2.22. The number of nitrogens with zero attached hydrogens (tertiary/aromatic N) is 2. The SMILES string of the molecule is Cc1ccc(CN2CCc3c(nc(C(C)C)[nH]c3=O)C2)c(C)c1. The molecule has 4 heteroatoms. The Morgan fingerprint density at radius 1 is 1.30 bits per heavy atom. The van der Waals surface area contributed by atoms with E-state index in [0.29, 0.717) is 0 Å². The topological polar surface area (TPSA) is 49.0 Å². The Labute approximate surface area is 137 Å². The highest BCUT2D eigenvalue weighted by molar-refractivity contribution is 5.31. The summed E-state index contributed by atoms with van der Waals surface area (Å²) in [7, 11) is 0. The van der Waals surface area contributed by atoms with E-state index in [0.717, 1.165) is 43.1 Å². The van der Waals surface area contributed by atoms with Crippen molar-refractivity contribution in [1.82, 2.24) is 14.9 Å². The molecule has 0 fully saturated rings. The lowest BCUT2D eigenvalue weighted by atomic mass is 10.0. The van der Waals surface area contributed by atoms with Gasteiger partial charge in [0.25, 0.3) is 5.56 Å². The fourth-order valence-electron chi connectivity index (χ4n) is 3.19. The molecule has 0 atom stereocenters. The van der Waals surface area contributed by atoms with Crippen LogP contribution >= 0.6 is 0 Å². The minimum atomic E-state index is 0.0462. The molecule has 122 valence electrons. The van der Waals surface area contributed by atoms with E-state index in [9.17, 15) is 4.79 Å². The van der Waals surface area contributed by atoms with Gasteiger partial charge in [-0.2, -0.15) is 0 Å². The van der Waals surface area contributed by atoms with Crippen LogP contribution in [0.3, 0.4) is 0 Å². The molecule has 4 nitrogen and oxygen atoms in total. The fourth-order valence-corrected chi connectivity index (χ4v) is 3.19. The standard InChI is InChI=1S/C19H25N3O/c1-12(2)18-20-17-11-22(8-7-16(17)19(23)21-18)10-15-6-5-13(3)9-14(15)4/h5-6,9,12H,7-8,10-11H2,1-4H3,(H,20,21,23). The maximum atomic E-state index is 12.2. The van der Waals surface area contributed by atoms with Crippen LogP contribution < -0.4 is 5.56 Å². The summed E-state index contributed by atoms with van der Waals surface area (Å²) in [6.45, 7) is 11.0. The summed E-state index contributed by atoms with van der Waals surface area (Å²) in [5.74, 6) is 1.03. The molecule has 0 saturated heterocycles. The molecule has 1 aliphatic rings. The number of fused-ring (bicyclic) bond motifs is 1. The van der Waals surface area contributed by atoms with Crippen LogP contribution in [-0.4, -0.2) is 21.4 Å². The van der Waals surface area contributed by atoms with Crippen molar-refractivity contribution in [2.45, 2.75) is 53.1 Å². The van der Waals surface area contributed by atoms with E-state index in [2.05, 4.69) is 55.8 Å². The predicted octanol–water partition coefficient (Wildman–Crippen LogP) is 3.07. The van der Waals surface area contributed by atoms with Gasteiger partial charge in [0.15, 0.2) is 0 Å². The number of H-pyrrole nitrogens is 1. The summed E-state index contributed by atoms with van der Waals surface area (Å²) in [6.07, 6.45) is 0.779. The van der Waals surface area contributed by atoms with Crippen molar-refractivity contribution >= 4 is 0 Å². The zero-order valence-corrected chi connectivity index (χ0v) is 14.4. The molecule has 1 aliphatic heterocycles. The number of aromatic amines is 1. The van der Waals surface area contributed by atoms with Gasteiger partial charge in [0.05, 0.1) is 5.69 Å². The van der Waals surface area contributed by atoms with Gasteiger partial charge in [-0.25, -0.2) is 4.98 Å². The van der Waals surface area contributed by atoms with Crippen LogP contribution in [-0.2, 0) is 19.5 Å².